The Morgan fingerprint density at radius 3 is 2.83 bits per heavy atom. The summed E-state index contributed by atoms with van der Waals surface area (Å²) >= 11 is 0. The van der Waals surface area contributed by atoms with E-state index in [1.807, 2.05) is 0 Å². The first-order valence-electron chi connectivity index (χ1n) is 6.44. The van der Waals surface area contributed by atoms with Crippen molar-refractivity contribution in [2.45, 2.75) is 39.4 Å². The van der Waals surface area contributed by atoms with Crippen molar-refractivity contribution in [1.29, 1.82) is 0 Å². The van der Waals surface area contributed by atoms with Crippen molar-refractivity contribution in [2.75, 3.05) is 0 Å². The van der Waals surface area contributed by atoms with Gasteiger partial charge in [-0.1, -0.05) is 20.4 Å². The van der Waals surface area contributed by atoms with Gasteiger partial charge in [-0.15, -0.1) is 0 Å². The lowest BCUT2D eigenvalue weighted by atomic mass is 9.55. The lowest BCUT2D eigenvalue weighted by molar-refractivity contribution is -0.220. The van der Waals surface area contributed by atoms with Crippen LogP contribution in [-0.2, 0) is 19.1 Å². The molecule has 18 heavy (non-hydrogen) atoms. The van der Waals surface area contributed by atoms with Crippen LogP contribution in [0.25, 0.3) is 0 Å². The van der Waals surface area contributed by atoms with Gasteiger partial charge in [0.15, 0.2) is 0 Å². The van der Waals surface area contributed by atoms with Crippen LogP contribution in [-0.4, -0.2) is 24.1 Å². The minimum Gasteiger partial charge on any atom is -0.458 e. The van der Waals surface area contributed by atoms with Gasteiger partial charge in [0.1, 0.15) is 12.2 Å². The maximum absolute atomic E-state index is 11.8. The summed E-state index contributed by atoms with van der Waals surface area (Å²) in [5, 5.41) is 0. The number of ether oxygens (including phenoxy) is 2. The molecule has 0 aromatic carbocycles. The monoisotopic (exact) mass is 250 g/mol. The van der Waals surface area contributed by atoms with E-state index >= 15 is 0 Å². The molecule has 3 rings (SSSR count). The predicted octanol–water partition coefficient (Wildman–Crippen LogP) is 1.69. The second-order valence-electron chi connectivity index (χ2n) is 6.14. The Kier molecular flexibility index (Phi) is 2.20. The van der Waals surface area contributed by atoms with Crippen molar-refractivity contribution in [1.82, 2.24) is 0 Å². The first-order chi connectivity index (χ1) is 8.37. The second kappa shape index (κ2) is 3.37. The van der Waals surface area contributed by atoms with E-state index in [1.54, 1.807) is 6.92 Å². The average molecular weight is 250 g/mol. The third-order valence-corrected chi connectivity index (χ3v) is 5.22. The van der Waals surface area contributed by atoms with Crippen LogP contribution in [0.15, 0.2) is 12.2 Å². The number of carbonyl (C=O) groups is 2. The van der Waals surface area contributed by atoms with Gasteiger partial charge in [0.05, 0.1) is 5.92 Å². The molecule has 0 aromatic rings. The molecular weight excluding hydrogens is 232 g/mol. The van der Waals surface area contributed by atoms with Crippen molar-refractivity contribution < 1.29 is 19.1 Å². The van der Waals surface area contributed by atoms with Crippen LogP contribution in [0, 0.1) is 23.2 Å². The summed E-state index contributed by atoms with van der Waals surface area (Å²) in [7, 11) is 0. The molecule has 2 aliphatic carbocycles. The Labute approximate surface area is 106 Å². The molecule has 0 aromatic heterocycles. The topological polar surface area (TPSA) is 52.6 Å². The molecular formula is C14H18O4. The maximum atomic E-state index is 11.8. The molecule has 2 saturated carbocycles. The standard InChI is InChI=1S/C14H18O4/c1-6(2)12(15)18-11-10-9-8(13(16)17-10)5-7(3)14(9,11)4/h7-11H,1,5H2,2-4H3/t7?,8?,9?,10?,11?,14-/m0/s1. The Morgan fingerprint density at radius 1 is 1.56 bits per heavy atom. The fourth-order valence-electron chi connectivity index (χ4n) is 4.03. The van der Waals surface area contributed by atoms with E-state index in [4.69, 9.17) is 9.47 Å². The van der Waals surface area contributed by atoms with E-state index in [0.717, 1.165) is 6.42 Å². The zero-order valence-corrected chi connectivity index (χ0v) is 10.9. The van der Waals surface area contributed by atoms with E-state index in [2.05, 4.69) is 20.4 Å². The molecule has 0 spiro atoms. The number of hydrogen-bond acceptors (Lipinski definition) is 4. The molecule has 0 bridgehead atoms. The third-order valence-electron chi connectivity index (χ3n) is 5.22. The minimum absolute atomic E-state index is 0.00906. The van der Waals surface area contributed by atoms with Crippen LogP contribution >= 0.6 is 0 Å². The van der Waals surface area contributed by atoms with E-state index in [1.165, 1.54) is 0 Å². The normalized spacial score (nSPS) is 48.2. The summed E-state index contributed by atoms with van der Waals surface area (Å²) in [4.78, 5) is 23.4. The molecule has 0 radical (unpaired) electrons. The molecule has 3 fully saturated rings. The SMILES string of the molecule is C=C(C)C(=O)OC1C2OC(=O)C3CC(C)[C@@]1(C)C32. The van der Waals surface area contributed by atoms with Crippen molar-refractivity contribution in [3.63, 3.8) is 0 Å². The van der Waals surface area contributed by atoms with Crippen molar-refractivity contribution in [2.24, 2.45) is 23.2 Å². The summed E-state index contributed by atoms with van der Waals surface area (Å²) in [6, 6.07) is 0. The van der Waals surface area contributed by atoms with Gasteiger partial charge in [0.2, 0.25) is 0 Å². The molecule has 6 atom stereocenters. The highest BCUT2D eigenvalue weighted by Gasteiger charge is 2.75. The van der Waals surface area contributed by atoms with Gasteiger partial charge in [0, 0.05) is 16.9 Å². The molecule has 0 amide bonds. The molecule has 1 heterocycles. The summed E-state index contributed by atoms with van der Waals surface area (Å²) in [5.74, 6) is 0.102. The fourth-order valence-corrected chi connectivity index (χ4v) is 4.03. The Morgan fingerprint density at radius 2 is 2.22 bits per heavy atom. The predicted molar refractivity (Wildman–Crippen MR) is 63.4 cm³/mol. The summed E-state index contributed by atoms with van der Waals surface area (Å²) in [6.07, 6.45) is 0.302. The van der Waals surface area contributed by atoms with Gasteiger partial charge < -0.3 is 9.47 Å². The van der Waals surface area contributed by atoms with Crippen LogP contribution in [0.5, 0.6) is 0 Å². The first-order valence-corrected chi connectivity index (χ1v) is 6.44. The molecule has 0 N–H and O–H groups in total. The average Bonchev–Trinajstić information content (AvgIpc) is 2.71. The molecule has 1 aliphatic heterocycles. The van der Waals surface area contributed by atoms with Crippen LogP contribution in [0.2, 0.25) is 0 Å². The minimum atomic E-state index is -0.390. The third kappa shape index (κ3) is 1.16. The molecule has 4 nitrogen and oxygen atoms in total. The summed E-state index contributed by atoms with van der Waals surface area (Å²) in [6.45, 7) is 9.45. The number of rotatable bonds is 2. The molecule has 5 unspecified atom stereocenters. The fraction of sp³-hybridized carbons (Fsp3) is 0.714. The lowest BCUT2D eigenvalue weighted by Gasteiger charge is -2.54. The van der Waals surface area contributed by atoms with Crippen LogP contribution < -0.4 is 0 Å². The second-order valence-corrected chi connectivity index (χ2v) is 6.14. The largest absolute Gasteiger partial charge is 0.458 e. The quantitative estimate of drug-likeness (QED) is 0.553. The number of esters is 2. The van der Waals surface area contributed by atoms with E-state index in [9.17, 15) is 9.59 Å². The molecule has 3 aliphatic rings. The van der Waals surface area contributed by atoms with Gasteiger partial charge in [-0.25, -0.2) is 4.79 Å². The van der Waals surface area contributed by atoms with E-state index in [-0.39, 0.29) is 35.4 Å². The number of carbonyl (C=O) groups excluding carboxylic acids is 2. The number of hydrogen-bond donors (Lipinski definition) is 0. The first kappa shape index (κ1) is 11.8. The van der Waals surface area contributed by atoms with Crippen molar-refractivity contribution >= 4 is 11.9 Å². The van der Waals surface area contributed by atoms with E-state index in [0.29, 0.717) is 11.5 Å². The van der Waals surface area contributed by atoms with E-state index < -0.39 is 5.97 Å². The smallest absolute Gasteiger partial charge is 0.333 e. The Hall–Kier alpha value is -1.32. The van der Waals surface area contributed by atoms with Gasteiger partial charge in [-0.2, -0.15) is 0 Å². The zero-order valence-electron chi connectivity index (χ0n) is 10.9. The molecule has 1 saturated heterocycles. The van der Waals surface area contributed by atoms with Gasteiger partial charge in [-0.3, -0.25) is 4.79 Å². The molecule has 98 valence electrons. The summed E-state index contributed by atoms with van der Waals surface area (Å²) in [5.41, 5.74) is 0.264. The van der Waals surface area contributed by atoms with Gasteiger partial charge in [-0.05, 0) is 19.3 Å². The van der Waals surface area contributed by atoms with Crippen LogP contribution in [0.1, 0.15) is 27.2 Å². The van der Waals surface area contributed by atoms with Gasteiger partial charge >= 0.3 is 11.9 Å². The lowest BCUT2D eigenvalue weighted by Crippen LogP contribution is -2.63. The zero-order chi connectivity index (χ0) is 13.2. The highest BCUT2D eigenvalue weighted by Crippen LogP contribution is 2.67. The van der Waals surface area contributed by atoms with Crippen LogP contribution in [0.3, 0.4) is 0 Å². The van der Waals surface area contributed by atoms with Crippen molar-refractivity contribution in [3.05, 3.63) is 12.2 Å². The Balaban J connectivity index is 1.87. The molecule has 4 heteroatoms. The summed E-state index contributed by atoms with van der Waals surface area (Å²) < 4.78 is 10.9. The van der Waals surface area contributed by atoms with Crippen LogP contribution in [0.4, 0.5) is 0 Å². The Bertz CT molecular complexity index is 455. The van der Waals surface area contributed by atoms with Crippen molar-refractivity contribution in [3.8, 4) is 0 Å². The van der Waals surface area contributed by atoms with Gasteiger partial charge in [0.25, 0.3) is 0 Å². The maximum Gasteiger partial charge on any atom is 0.333 e. The highest BCUT2D eigenvalue weighted by atomic mass is 16.6. The highest BCUT2D eigenvalue weighted by molar-refractivity contribution is 5.87.